The number of nitrogens with zero attached hydrogens (tertiary/aromatic N) is 1. The van der Waals surface area contributed by atoms with Crippen LogP contribution in [0.15, 0.2) is 65.5 Å². The molecule has 0 saturated heterocycles. The number of nitrogens with one attached hydrogen (secondary N) is 2. The summed E-state index contributed by atoms with van der Waals surface area (Å²) in [6.45, 7) is 5.78. The van der Waals surface area contributed by atoms with E-state index in [-0.39, 0.29) is 23.9 Å². The van der Waals surface area contributed by atoms with E-state index in [1.54, 1.807) is 69.9 Å². The van der Waals surface area contributed by atoms with Crippen molar-refractivity contribution in [2.75, 3.05) is 0 Å². The summed E-state index contributed by atoms with van der Waals surface area (Å²) in [7, 11) is 0. The summed E-state index contributed by atoms with van der Waals surface area (Å²) in [5.41, 5.74) is 6.89. The maximum atomic E-state index is 12.9. The van der Waals surface area contributed by atoms with E-state index >= 15 is 0 Å². The second-order valence-corrected chi connectivity index (χ2v) is 11.0. The highest BCUT2D eigenvalue weighted by atomic mass is 32.1. The molecule has 0 saturated carbocycles. The zero-order chi connectivity index (χ0) is 29.0. The van der Waals surface area contributed by atoms with Crippen molar-refractivity contribution in [2.45, 2.75) is 57.4 Å². The van der Waals surface area contributed by atoms with Gasteiger partial charge in [-0.05, 0) is 37.5 Å². The number of alkyl halides is 3. The first-order chi connectivity index (χ1) is 18.1. The molecule has 0 aliphatic heterocycles. The Bertz CT molecular complexity index is 1380. The highest BCUT2D eigenvalue weighted by Gasteiger charge is 2.41. The van der Waals surface area contributed by atoms with Crippen LogP contribution in [0.4, 0.5) is 13.2 Å². The predicted octanol–water partition coefficient (Wildman–Crippen LogP) is 3.13. The van der Waals surface area contributed by atoms with Crippen molar-refractivity contribution in [1.29, 1.82) is 0 Å². The fourth-order valence-corrected chi connectivity index (χ4v) is 4.79. The van der Waals surface area contributed by atoms with Gasteiger partial charge in [0, 0.05) is 18.9 Å². The van der Waals surface area contributed by atoms with Crippen molar-refractivity contribution < 1.29 is 27.6 Å². The molecular formula is C27H29F3N4O4S. The number of halogens is 3. The van der Waals surface area contributed by atoms with E-state index in [9.17, 15) is 32.3 Å². The van der Waals surface area contributed by atoms with Crippen LogP contribution < -0.4 is 21.9 Å². The van der Waals surface area contributed by atoms with E-state index in [1.807, 2.05) is 20.8 Å². The maximum absolute atomic E-state index is 12.9. The molecule has 1 heterocycles. The Hall–Kier alpha value is -3.93. The lowest BCUT2D eigenvalue weighted by molar-refractivity contribution is -0.174. The van der Waals surface area contributed by atoms with Gasteiger partial charge in [0.05, 0.1) is 10.4 Å². The predicted molar refractivity (Wildman–Crippen MR) is 142 cm³/mol. The van der Waals surface area contributed by atoms with Crippen molar-refractivity contribution in [3.8, 4) is 10.4 Å². The van der Waals surface area contributed by atoms with E-state index in [0.29, 0.717) is 11.1 Å². The van der Waals surface area contributed by atoms with E-state index in [4.69, 9.17) is 5.73 Å². The van der Waals surface area contributed by atoms with E-state index in [2.05, 4.69) is 5.32 Å². The number of carbonyl (C=O) groups excluding carboxylic acids is 3. The summed E-state index contributed by atoms with van der Waals surface area (Å²) < 4.78 is 40.3. The first-order valence-electron chi connectivity index (χ1n) is 12.0. The van der Waals surface area contributed by atoms with Crippen molar-refractivity contribution in [2.24, 2.45) is 5.73 Å². The summed E-state index contributed by atoms with van der Waals surface area (Å²) in [6, 6.07) is 13.8. The second-order valence-electron chi connectivity index (χ2n) is 9.98. The molecule has 2 atom stereocenters. The molecule has 0 aliphatic rings. The van der Waals surface area contributed by atoms with Gasteiger partial charge in [0.1, 0.15) is 12.1 Å². The molecule has 0 unspecified atom stereocenters. The Morgan fingerprint density at radius 1 is 0.897 bits per heavy atom. The van der Waals surface area contributed by atoms with Gasteiger partial charge in [0.2, 0.25) is 11.8 Å². The zero-order valence-corrected chi connectivity index (χ0v) is 22.4. The molecule has 208 valence electrons. The SMILES string of the molecule is CC(C)(C)n1sc(-c2ccc(C[C@H](NC(=O)[C@H](Cc3ccccc3)NC(=O)C(F)(F)F)C(N)=O)cc2)cc1=O. The summed E-state index contributed by atoms with van der Waals surface area (Å²) in [6.07, 6.45) is -5.46. The normalized spacial score (nSPS) is 13.4. The topological polar surface area (TPSA) is 123 Å². The van der Waals surface area contributed by atoms with Crippen LogP contribution in [0.3, 0.4) is 0 Å². The van der Waals surface area contributed by atoms with Crippen molar-refractivity contribution in [1.82, 2.24) is 14.6 Å². The molecule has 8 nitrogen and oxygen atoms in total. The largest absolute Gasteiger partial charge is 0.471 e. The van der Waals surface area contributed by atoms with Crippen LogP contribution in [0.5, 0.6) is 0 Å². The minimum atomic E-state index is -5.19. The molecule has 3 amide bonds. The molecule has 4 N–H and O–H groups in total. The van der Waals surface area contributed by atoms with E-state index in [1.165, 1.54) is 11.5 Å². The highest BCUT2D eigenvalue weighted by Crippen LogP contribution is 2.27. The van der Waals surface area contributed by atoms with Crippen LogP contribution in [0.2, 0.25) is 0 Å². The molecule has 0 radical (unpaired) electrons. The van der Waals surface area contributed by atoms with Crippen LogP contribution in [0.1, 0.15) is 31.9 Å². The van der Waals surface area contributed by atoms with Gasteiger partial charge in [-0.25, -0.2) is 0 Å². The molecule has 0 fully saturated rings. The molecule has 12 heteroatoms. The van der Waals surface area contributed by atoms with Gasteiger partial charge in [-0.15, -0.1) is 0 Å². The summed E-state index contributed by atoms with van der Waals surface area (Å²) in [4.78, 5) is 49.7. The average molecular weight is 563 g/mol. The van der Waals surface area contributed by atoms with E-state index in [0.717, 1.165) is 10.4 Å². The van der Waals surface area contributed by atoms with Crippen LogP contribution in [0.25, 0.3) is 10.4 Å². The number of rotatable bonds is 9. The van der Waals surface area contributed by atoms with Crippen LogP contribution >= 0.6 is 11.5 Å². The fraction of sp³-hybridized carbons (Fsp3) is 0.333. The number of hydrogen-bond acceptors (Lipinski definition) is 5. The Morgan fingerprint density at radius 2 is 1.46 bits per heavy atom. The molecular weight excluding hydrogens is 533 g/mol. The average Bonchev–Trinajstić information content (AvgIpc) is 3.25. The quantitative estimate of drug-likeness (QED) is 0.371. The first-order valence-corrected chi connectivity index (χ1v) is 12.8. The first kappa shape index (κ1) is 29.6. The monoisotopic (exact) mass is 562 g/mol. The van der Waals surface area contributed by atoms with Gasteiger partial charge < -0.3 is 16.4 Å². The fourth-order valence-electron chi connectivity index (χ4n) is 3.78. The van der Waals surface area contributed by atoms with Gasteiger partial charge in [0.15, 0.2) is 0 Å². The van der Waals surface area contributed by atoms with Crippen LogP contribution in [-0.2, 0) is 32.8 Å². The Labute approximate surface area is 227 Å². The van der Waals surface area contributed by atoms with Crippen molar-refractivity contribution >= 4 is 29.3 Å². The molecule has 0 aliphatic carbocycles. The van der Waals surface area contributed by atoms with Crippen LogP contribution in [-0.4, -0.2) is 39.9 Å². The van der Waals surface area contributed by atoms with Crippen molar-refractivity contribution in [3.63, 3.8) is 0 Å². The van der Waals surface area contributed by atoms with Crippen LogP contribution in [0, 0.1) is 0 Å². The number of primary amides is 1. The molecule has 0 spiro atoms. The molecule has 2 aromatic carbocycles. The second kappa shape index (κ2) is 11.9. The molecule has 0 bridgehead atoms. The Balaban J connectivity index is 1.76. The number of aromatic nitrogens is 1. The Morgan fingerprint density at radius 3 is 1.97 bits per heavy atom. The number of carbonyl (C=O) groups is 3. The number of amides is 3. The highest BCUT2D eigenvalue weighted by molar-refractivity contribution is 7.10. The molecule has 1 aromatic heterocycles. The molecule has 3 aromatic rings. The number of hydrogen-bond donors (Lipinski definition) is 3. The minimum absolute atomic E-state index is 0.0358. The van der Waals surface area contributed by atoms with Crippen molar-refractivity contribution in [3.05, 3.63) is 82.1 Å². The zero-order valence-electron chi connectivity index (χ0n) is 21.5. The van der Waals surface area contributed by atoms with Gasteiger partial charge >= 0.3 is 12.1 Å². The minimum Gasteiger partial charge on any atom is -0.368 e. The van der Waals surface area contributed by atoms with Gasteiger partial charge in [-0.2, -0.15) is 13.2 Å². The lowest BCUT2D eigenvalue weighted by Crippen LogP contribution is -2.56. The third-order valence-corrected chi connectivity index (χ3v) is 7.21. The van der Waals surface area contributed by atoms with Gasteiger partial charge in [0.25, 0.3) is 5.56 Å². The smallest absolute Gasteiger partial charge is 0.368 e. The lowest BCUT2D eigenvalue weighted by Gasteiger charge is -2.22. The van der Waals surface area contributed by atoms with Gasteiger partial charge in [-0.1, -0.05) is 66.1 Å². The lowest BCUT2D eigenvalue weighted by atomic mass is 10.0. The van der Waals surface area contributed by atoms with Gasteiger partial charge in [-0.3, -0.25) is 23.1 Å². The maximum Gasteiger partial charge on any atom is 0.471 e. The summed E-state index contributed by atoms with van der Waals surface area (Å²) >= 11 is 1.32. The summed E-state index contributed by atoms with van der Waals surface area (Å²) in [5.74, 6) is -4.15. The standard InChI is InChI=1S/C27H29F3N4O4S/c1-26(2,3)34-22(35)15-21(39-34)18-11-9-17(10-12-18)13-19(23(31)36)32-24(37)20(33-25(38)27(28,29)30)14-16-7-5-4-6-8-16/h4-12,15,19-20H,13-14H2,1-3H3,(H2,31,36)(H,32,37)(H,33,38)/t19-,20-/m0/s1. The van der Waals surface area contributed by atoms with E-state index < -0.39 is 36.0 Å². The molecule has 39 heavy (non-hydrogen) atoms. The molecule has 3 rings (SSSR count). The summed E-state index contributed by atoms with van der Waals surface area (Å²) in [5, 5.41) is 4.08. The third-order valence-electron chi connectivity index (χ3n) is 5.75. The third kappa shape index (κ3) is 8.03. The Kier molecular flexibility index (Phi) is 9.00. The number of benzene rings is 2. The number of nitrogens with two attached hydrogens (primary N) is 1.